The molecule has 2 aliphatic rings. The molecule has 1 N–H and O–H groups in total. The van der Waals surface area contributed by atoms with E-state index in [1.54, 1.807) is 0 Å². The lowest BCUT2D eigenvalue weighted by molar-refractivity contribution is -0.149. The summed E-state index contributed by atoms with van der Waals surface area (Å²) in [5.41, 5.74) is 0. The zero-order chi connectivity index (χ0) is 9.26. The largest absolute Gasteiger partial charge is 0.479 e. The Labute approximate surface area is 77.5 Å². The number of carboxylic acids is 1. The summed E-state index contributed by atoms with van der Waals surface area (Å²) in [7, 11) is 0. The van der Waals surface area contributed by atoms with Gasteiger partial charge in [-0.2, -0.15) is 0 Å². The Morgan fingerprint density at radius 3 is 2.69 bits per heavy atom. The summed E-state index contributed by atoms with van der Waals surface area (Å²) in [6.45, 7) is 3.22. The first-order valence-electron chi connectivity index (χ1n) is 4.86. The summed E-state index contributed by atoms with van der Waals surface area (Å²) in [5.74, 6) is -0.814. The quantitative estimate of drug-likeness (QED) is 0.688. The molecule has 0 unspecified atom stereocenters. The van der Waals surface area contributed by atoms with Crippen LogP contribution in [0.5, 0.6) is 0 Å². The maximum atomic E-state index is 10.6. The Bertz CT molecular complexity index is 203. The Kier molecular flexibility index (Phi) is 2.51. The molecule has 0 aromatic rings. The number of rotatable bonds is 3. The van der Waals surface area contributed by atoms with Gasteiger partial charge in [0.25, 0.3) is 0 Å². The maximum absolute atomic E-state index is 10.6. The van der Waals surface area contributed by atoms with E-state index in [0.29, 0.717) is 6.42 Å². The van der Waals surface area contributed by atoms with E-state index in [-0.39, 0.29) is 6.10 Å². The van der Waals surface area contributed by atoms with Crippen LogP contribution >= 0.6 is 0 Å². The molecule has 2 heterocycles. The number of hydrogen-bond acceptors (Lipinski definition) is 3. The van der Waals surface area contributed by atoms with Crippen LogP contribution in [0.15, 0.2) is 0 Å². The topological polar surface area (TPSA) is 49.8 Å². The van der Waals surface area contributed by atoms with Gasteiger partial charge in [0, 0.05) is 6.54 Å². The summed E-state index contributed by atoms with van der Waals surface area (Å²) in [6.07, 6.45) is 2.45. The van der Waals surface area contributed by atoms with E-state index >= 15 is 0 Å². The summed E-state index contributed by atoms with van der Waals surface area (Å²) < 4.78 is 5.39. The number of ether oxygens (including phenoxy) is 1. The van der Waals surface area contributed by atoms with Gasteiger partial charge in [-0.25, -0.2) is 4.79 Å². The molecule has 0 amide bonds. The van der Waals surface area contributed by atoms with Crippen molar-refractivity contribution < 1.29 is 14.6 Å². The van der Waals surface area contributed by atoms with E-state index in [2.05, 4.69) is 4.90 Å². The normalized spacial score (nSPS) is 34.5. The van der Waals surface area contributed by atoms with Crippen LogP contribution in [0, 0.1) is 0 Å². The molecule has 0 saturated carbocycles. The summed E-state index contributed by atoms with van der Waals surface area (Å²) in [6, 6.07) is 0. The Morgan fingerprint density at radius 2 is 2.23 bits per heavy atom. The van der Waals surface area contributed by atoms with E-state index in [1.807, 2.05) is 0 Å². The van der Waals surface area contributed by atoms with Gasteiger partial charge in [0.05, 0.1) is 6.10 Å². The molecule has 2 fully saturated rings. The van der Waals surface area contributed by atoms with E-state index in [9.17, 15) is 4.79 Å². The zero-order valence-corrected chi connectivity index (χ0v) is 7.61. The van der Waals surface area contributed by atoms with Crippen molar-refractivity contribution >= 4 is 5.97 Å². The maximum Gasteiger partial charge on any atom is 0.332 e. The molecule has 2 aliphatic heterocycles. The van der Waals surface area contributed by atoms with E-state index < -0.39 is 12.1 Å². The highest BCUT2D eigenvalue weighted by Crippen LogP contribution is 2.22. The van der Waals surface area contributed by atoms with Gasteiger partial charge in [0.15, 0.2) is 6.10 Å². The lowest BCUT2D eigenvalue weighted by Crippen LogP contribution is -2.42. The zero-order valence-electron chi connectivity index (χ0n) is 7.61. The van der Waals surface area contributed by atoms with Gasteiger partial charge >= 0.3 is 5.97 Å². The van der Waals surface area contributed by atoms with Gasteiger partial charge in [-0.1, -0.05) is 0 Å². The molecule has 2 rings (SSSR count). The number of nitrogens with zero attached hydrogens (tertiary/aromatic N) is 1. The molecule has 0 spiro atoms. The molecule has 0 aromatic heterocycles. The molecule has 4 nitrogen and oxygen atoms in total. The van der Waals surface area contributed by atoms with Crippen LogP contribution in [0.3, 0.4) is 0 Å². The summed E-state index contributed by atoms with van der Waals surface area (Å²) in [4.78, 5) is 12.9. The van der Waals surface area contributed by atoms with Crippen LogP contribution < -0.4 is 0 Å². The molecule has 0 radical (unpaired) electrons. The van der Waals surface area contributed by atoms with Crippen molar-refractivity contribution in [3.63, 3.8) is 0 Å². The average molecular weight is 185 g/mol. The highest BCUT2D eigenvalue weighted by Gasteiger charge is 2.32. The second-order valence-corrected chi connectivity index (χ2v) is 3.82. The third-order valence-electron chi connectivity index (χ3n) is 2.79. The highest BCUT2D eigenvalue weighted by atomic mass is 16.5. The first kappa shape index (κ1) is 8.97. The Morgan fingerprint density at radius 1 is 1.46 bits per heavy atom. The summed E-state index contributed by atoms with van der Waals surface area (Å²) >= 11 is 0. The summed E-state index contributed by atoms with van der Waals surface area (Å²) in [5, 5.41) is 8.70. The van der Waals surface area contributed by atoms with Gasteiger partial charge < -0.3 is 14.7 Å². The smallest absolute Gasteiger partial charge is 0.332 e. The van der Waals surface area contributed by atoms with Crippen molar-refractivity contribution in [3.05, 3.63) is 0 Å². The number of aliphatic carboxylic acids is 1. The fraction of sp³-hybridized carbons (Fsp3) is 0.889. The first-order valence-corrected chi connectivity index (χ1v) is 4.86. The van der Waals surface area contributed by atoms with E-state index in [4.69, 9.17) is 9.84 Å². The van der Waals surface area contributed by atoms with Crippen LogP contribution in [0.25, 0.3) is 0 Å². The lowest BCUT2D eigenvalue weighted by Gasteiger charge is -2.32. The van der Waals surface area contributed by atoms with E-state index in [0.717, 1.165) is 26.1 Å². The molecule has 2 atom stereocenters. The Balaban J connectivity index is 1.74. The van der Waals surface area contributed by atoms with Crippen LogP contribution in [0.1, 0.15) is 19.3 Å². The second-order valence-electron chi connectivity index (χ2n) is 3.82. The Hall–Kier alpha value is -0.610. The van der Waals surface area contributed by atoms with Gasteiger partial charge in [-0.3, -0.25) is 0 Å². The molecular formula is C9H15NO3. The van der Waals surface area contributed by atoms with Crippen molar-refractivity contribution in [1.82, 2.24) is 4.90 Å². The number of carboxylic acid groups (broad SMARTS) is 1. The predicted molar refractivity (Wildman–Crippen MR) is 46.6 cm³/mol. The fourth-order valence-electron chi connectivity index (χ4n) is 1.87. The lowest BCUT2D eigenvalue weighted by atomic mass is 10.1. The second kappa shape index (κ2) is 3.64. The average Bonchev–Trinajstić information content (AvgIpc) is 2.44. The minimum absolute atomic E-state index is 0.154. The fourth-order valence-corrected chi connectivity index (χ4v) is 1.87. The van der Waals surface area contributed by atoms with Crippen molar-refractivity contribution in [1.29, 1.82) is 0 Å². The minimum Gasteiger partial charge on any atom is -0.479 e. The molecule has 0 bridgehead atoms. The molecule has 13 heavy (non-hydrogen) atoms. The molecular weight excluding hydrogens is 170 g/mol. The van der Waals surface area contributed by atoms with Crippen molar-refractivity contribution in [2.75, 3.05) is 19.6 Å². The van der Waals surface area contributed by atoms with Gasteiger partial charge in [-0.15, -0.1) is 0 Å². The van der Waals surface area contributed by atoms with E-state index in [1.165, 1.54) is 6.42 Å². The van der Waals surface area contributed by atoms with Gasteiger partial charge in [0.2, 0.25) is 0 Å². The number of hydrogen-bond donors (Lipinski definition) is 1. The third-order valence-corrected chi connectivity index (χ3v) is 2.79. The van der Waals surface area contributed by atoms with Crippen molar-refractivity contribution in [3.8, 4) is 0 Å². The van der Waals surface area contributed by atoms with Crippen molar-refractivity contribution in [2.24, 2.45) is 0 Å². The monoisotopic (exact) mass is 185 g/mol. The predicted octanol–water partition coefficient (Wildman–Crippen LogP) is 0.324. The molecule has 4 heteroatoms. The highest BCUT2D eigenvalue weighted by molar-refractivity contribution is 5.72. The van der Waals surface area contributed by atoms with Crippen LogP contribution in [0.4, 0.5) is 0 Å². The SMILES string of the molecule is O=C(O)[C@@H]1CC[C@H](CN2CCC2)O1. The molecule has 0 aromatic carbocycles. The molecule has 2 saturated heterocycles. The number of carbonyl (C=O) groups is 1. The van der Waals surface area contributed by atoms with Crippen LogP contribution in [-0.2, 0) is 9.53 Å². The minimum atomic E-state index is -0.814. The number of likely N-dealkylation sites (tertiary alicyclic amines) is 1. The van der Waals surface area contributed by atoms with Gasteiger partial charge in [0.1, 0.15) is 0 Å². The van der Waals surface area contributed by atoms with Gasteiger partial charge in [-0.05, 0) is 32.4 Å². The molecule has 74 valence electrons. The third kappa shape index (κ3) is 2.00. The first-order chi connectivity index (χ1) is 6.25. The molecule has 0 aliphatic carbocycles. The van der Waals surface area contributed by atoms with Crippen molar-refractivity contribution in [2.45, 2.75) is 31.5 Å². The standard InChI is InChI=1S/C9H15NO3/c11-9(12)8-3-2-7(13-8)6-10-4-1-5-10/h7-8H,1-6H2,(H,11,12)/t7-,8+/m1/s1. The van der Waals surface area contributed by atoms with Crippen LogP contribution in [-0.4, -0.2) is 47.8 Å². The van der Waals surface area contributed by atoms with Crippen LogP contribution in [0.2, 0.25) is 0 Å².